The average molecular weight is 305 g/mol. The van der Waals surface area contributed by atoms with Crippen molar-refractivity contribution in [1.82, 2.24) is 4.90 Å². The summed E-state index contributed by atoms with van der Waals surface area (Å²) in [7, 11) is 3.74. The van der Waals surface area contributed by atoms with Crippen molar-refractivity contribution in [2.24, 2.45) is 11.7 Å². The Balaban J connectivity index is 0.00000200. The van der Waals surface area contributed by atoms with Crippen LogP contribution in [0.15, 0.2) is 0 Å². The number of carbonyl (C=O) groups excluding carboxylic acids is 1. The summed E-state index contributed by atoms with van der Waals surface area (Å²) in [5.41, 5.74) is 6.05. The highest BCUT2D eigenvalue weighted by Gasteiger charge is 2.30. The van der Waals surface area contributed by atoms with E-state index in [4.69, 9.17) is 10.5 Å². The molecule has 2 atom stereocenters. The van der Waals surface area contributed by atoms with Gasteiger partial charge < -0.3 is 15.4 Å². The predicted octanol–water partition coefficient (Wildman–Crippen LogP) is 2.34. The van der Waals surface area contributed by atoms with E-state index in [0.29, 0.717) is 24.5 Å². The molecule has 0 aromatic rings. The van der Waals surface area contributed by atoms with Gasteiger partial charge in [0.05, 0.1) is 6.10 Å². The van der Waals surface area contributed by atoms with Crippen molar-refractivity contribution in [3.8, 4) is 0 Å². The Morgan fingerprint density at radius 3 is 2.35 bits per heavy atom. The molecular formula is C15H29ClN2O2. The summed E-state index contributed by atoms with van der Waals surface area (Å²) >= 11 is 0. The summed E-state index contributed by atoms with van der Waals surface area (Å²) < 4.78 is 5.38. The summed E-state index contributed by atoms with van der Waals surface area (Å²) in [4.78, 5) is 14.3. The van der Waals surface area contributed by atoms with Crippen LogP contribution in [0.25, 0.3) is 0 Å². The third-order valence-electron chi connectivity index (χ3n) is 5.07. The molecule has 0 heterocycles. The molecule has 0 aromatic carbocycles. The molecule has 0 aromatic heterocycles. The number of rotatable bonds is 4. The van der Waals surface area contributed by atoms with Gasteiger partial charge in [-0.15, -0.1) is 12.4 Å². The zero-order valence-electron chi connectivity index (χ0n) is 12.7. The van der Waals surface area contributed by atoms with Crippen LogP contribution < -0.4 is 5.73 Å². The summed E-state index contributed by atoms with van der Waals surface area (Å²) in [5.74, 6) is 0.688. The highest BCUT2D eigenvalue weighted by atomic mass is 35.5. The lowest BCUT2D eigenvalue weighted by molar-refractivity contribution is -0.134. The second-order valence-corrected chi connectivity index (χ2v) is 6.23. The number of halogens is 1. The second kappa shape index (κ2) is 8.20. The van der Waals surface area contributed by atoms with Crippen molar-refractivity contribution >= 4 is 18.3 Å². The SMILES string of the molecule is COC1CCC(N(C)C(=O)C[C@@H]2CCC[C@H]2N)CC1.Cl. The van der Waals surface area contributed by atoms with E-state index in [2.05, 4.69) is 0 Å². The Hall–Kier alpha value is -0.320. The number of methoxy groups -OCH3 is 1. The van der Waals surface area contributed by atoms with Crippen LogP contribution in [0.4, 0.5) is 0 Å². The zero-order chi connectivity index (χ0) is 13.8. The van der Waals surface area contributed by atoms with Crippen LogP contribution in [0.1, 0.15) is 51.4 Å². The Kier molecular flexibility index (Phi) is 7.27. The van der Waals surface area contributed by atoms with Gasteiger partial charge in [0.2, 0.25) is 5.91 Å². The van der Waals surface area contributed by atoms with Crippen molar-refractivity contribution in [2.75, 3.05) is 14.2 Å². The molecule has 4 nitrogen and oxygen atoms in total. The minimum atomic E-state index is 0. The van der Waals surface area contributed by atoms with Gasteiger partial charge in [0.25, 0.3) is 0 Å². The van der Waals surface area contributed by atoms with Crippen molar-refractivity contribution in [2.45, 2.75) is 69.6 Å². The fraction of sp³-hybridized carbons (Fsp3) is 0.933. The first-order valence-electron chi connectivity index (χ1n) is 7.66. The second-order valence-electron chi connectivity index (χ2n) is 6.23. The number of ether oxygens (including phenoxy) is 1. The molecule has 118 valence electrons. The molecule has 1 amide bonds. The minimum Gasteiger partial charge on any atom is -0.381 e. The summed E-state index contributed by atoms with van der Waals surface area (Å²) in [6.07, 6.45) is 8.70. The molecule has 2 N–H and O–H groups in total. The lowest BCUT2D eigenvalue weighted by Gasteiger charge is -2.35. The molecule has 5 heteroatoms. The number of carbonyl (C=O) groups is 1. The number of nitrogens with zero attached hydrogens (tertiary/aromatic N) is 1. The van der Waals surface area contributed by atoms with Gasteiger partial charge in [0.1, 0.15) is 0 Å². The highest BCUT2D eigenvalue weighted by molar-refractivity contribution is 5.85. The lowest BCUT2D eigenvalue weighted by atomic mass is 9.91. The minimum absolute atomic E-state index is 0. The highest BCUT2D eigenvalue weighted by Crippen LogP contribution is 2.29. The smallest absolute Gasteiger partial charge is 0.222 e. The van der Waals surface area contributed by atoms with Crippen molar-refractivity contribution in [1.29, 1.82) is 0 Å². The molecule has 2 rings (SSSR count). The quantitative estimate of drug-likeness (QED) is 0.867. The van der Waals surface area contributed by atoms with Crippen LogP contribution in [0.3, 0.4) is 0 Å². The third kappa shape index (κ3) is 4.34. The molecule has 20 heavy (non-hydrogen) atoms. The molecule has 0 aliphatic heterocycles. The van der Waals surface area contributed by atoms with E-state index in [9.17, 15) is 4.79 Å². The van der Waals surface area contributed by atoms with Gasteiger partial charge in [-0.2, -0.15) is 0 Å². The largest absolute Gasteiger partial charge is 0.381 e. The van der Waals surface area contributed by atoms with Crippen LogP contribution >= 0.6 is 12.4 Å². The fourth-order valence-corrected chi connectivity index (χ4v) is 3.56. The van der Waals surface area contributed by atoms with Gasteiger partial charge in [0, 0.05) is 32.7 Å². The monoisotopic (exact) mass is 304 g/mol. The van der Waals surface area contributed by atoms with Gasteiger partial charge in [-0.25, -0.2) is 0 Å². The van der Waals surface area contributed by atoms with Crippen molar-refractivity contribution < 1.29 is 9.53 Å². The summed E-state index contributed by atoms with van der Waals surface area (Å²) in [6.45, 7) is 0. The van der Waals surface area contributed by atoms with E-state index in [0.717, 1.165) is 38.5 Å². The maximum atomic E-state index is 12.3. The normalized spacial score (nSPS) is 33.5. The van der Waals surface area contributed by atoms with E-state index >= 15 is 0 Å². The van der Waals surface area contributed by atoms with Crippen LogP contribution in [0.2, 0.25) is 0 Å². The predicted molar refractivity (Wildman–Crippen MR) is 83.0 cm³/mol. The van der Waals surface area contributed by atoms with Crippen molar-refractivity contribution in [3.05, 3.63) is 0 Å². The molecule has 2 saturated carbocycles. The van der Waals surface area contributed by atoms with Gasteiger partial charge in [-0.3, -0.25) is 4.79 Å². The van der Waals surface area contributed by atoms with Crippen LogP contribution in [-0.2, 0) is 9.53 Å². The topological polar surface area (TPSA) is 55.6 Å². The van der Waals surface area contributed by atoms with E-state index < -0.39 is 0 Å². The first-order valence-corrected chi connectivity index (χ1v) is 7.66. The standard InChI is InChI=1S/C15H28N2O2.ClH/c1-17(12-6-8-13(19-2)9-7-12)15(18)10-11-4-3-5-14(11)16;/h11-14H,3-10,16H2,1-2H3;1H/t11-,12?,13?,14+;/m0./s1. The fourth-order valence-electron chi connectivity index (χ4n) is 3.56. The average Bonchev–Trinajstić information content (AvgIpc) is 2.83. The third-order valence-corrected chi connectivity index (χ3v) is 5.07. The zero-order valence-corrected chi connectivity index (χ0v) is 13.5. The molecule has 2 aliphatic carbocycles. The van der Waals surface area contributed by atoms with Gasteiger partial charge in [0.15, 0.2) is 0 Å². The Labute approximate surface area is 128 Å². The molecule has 0 bridgehead atoms. The van der Waals surface area contributed by atoms with Gasteiger partial charge in [-0.1, -0.05) is 6.42 Å². The van der Waals surface area contributed by atoms with Gasteiger partial charge >= 0.3 is 0 Å². The maximum absolute atomic E-state index is 12.3. The lowest BCUT2D eigenvalue weighted by Crippen LogP contribution is -2.42. The Morgan fingerprint density at radius 1 is 1.20 bits per heavy atom. The van der Waals surface area contributed by atoms with E-state index in [1.807, 2.05) is 11.9 Å². The van der Waals surface area contributed by atoms with E-state index in [1.165, 1.54) is 6.42 Å². The first kappa shape index (κ1) is 17.7. The molecule has 0 saturated heterocycles. The molecule has 0 radical (unpaired) electrons. The maximum Gasteiger partial charge on any atom is 0.222 e. The van der Waals surface area contributed by atoms with Gasteiger partial charge in [-0.05, 0) is 44.4 Å². The van der Waals surface area contributed by atoms with Crippen molar-refractivity contribution in [3.63, 3.8) is 0 Å². The summed E-state index contributed by atoms with van der Waals surface area (Å²) in [5, 5.41) is 0. The van der Waals surface area contributed by atoms with Crippen LogP contribution in [0.5, 0.6) is 0 Å². The van der Waals surface area contributed by atoms with E-state index in [-0.39, 0.29) is 24.4 Å². The molecule has 0 spiro atoms. The molecule has 2 aliphatic rings. The molecular weight excluding hydrogens is 276 g/mol. The Morgan fingerprint density at radius 2 is 1.85 bits per heavy atom. The summed E-state index contributed by atoms with van der Waals surface area (Å²) in [6, 6.07) is 0.637. The van der Waals surface area contributed by atoms with Crippen LogP contribution in [0, 0.1) is 5.92 Å². The molecule has 0 unspecified atom stereocenters. The first-order chi connectivity index (χ1) is 9.11. The Bertz CT molecular complexity index is 306. The van der Waals surface area contributed by atoms with Crippen LogP contribution in [-0.4, -0.2) is 43.2 Å². The molecule has 2 fully saturated rings. The number of hydrogen-bond acceptors (Lipinski definition) is 3. The number of hydrogen-bond donors (Lipinski definition) is 1. The number of nitrogens with two attached hydrogens (primary N) is 1. The number of amides is 1. The van der Waals surface area contributed by atoms with E-state index in [1.54, 1.807) is 7.11 Å².